The lowest BCUT2D eigenvalue weighted by atomic mass is 10.2. The van der Waals surface area contributed by atoms with Gasteiger partial charge in [0.05, 0.1) is 4.47 Å². The van der Waals surface area contributed by atoms with Crippen LogP contribution in [0.4, 0.5) is 0 Å². The first-order chi connectivity index (χ1) is 12.5. The van der Waals surface area contributed by atoms with Crippen LogP contribution < -0.4 is 4.74 Å². The number of carbonyl (C=O) groups is 1. The largest absolute Gasteiger partial charge is 0.483 e. The van der Waals surface area contributed by atoms with Gasteiger partial charge < -0.3 is 9.64 Å². The summed E-state index contributed by atoms with van der Waals surface area (Å²) in [6, 6.07) is 13.8. The number of piperazine rings is 1. The van der Waals surface area contributed by atoms with Crippen molar-refractivity contribution in [2.45, 2.75) is 13.5 Å². The minimum Gasteiger partial charge on any atom is -0.483 e. The second-order valence-electron chi connectivity index (χ2n) is 6.51. The van der Waals surface area contributed by atoms with Crippen molar-refractivity contribution in [3.63, 3.8) is 0 Å². The molecule has 0 saturated carbocycles. The molecule has 1 amide bonds. The lowest BCUT2D eigenvalue weighted by Crippen LogP contribution is -2.49. The van der Waals surface area contributed by atoms with Crippen molar-refractivity contribution in [3.05, 3.63) is 63.1 Å². The van der Waals surface area contributed by atoms with Crippen LogP contribution in [0.5, 0.6) is 5.75 Å². The predicted octanol–water partition coefficient (Wildman–Crippen LogP) is 4.13. The van der Waals surface area contributed by atoms with Crippen molar-refractivity contribution in [1.82, 2.24) is 9.80 Å². The van der Waals surface area contributed by atoms with Crippen LogP contribution in [0.3, 0.4) is 0 Å². The molecule has 6 heteroatoms. The summed E-state index contributed by atoms with van der Waals surface area (Å²) in [6.45, 7) is 6.15. The van der Waals surface area contributed by atoms with E-state index in [0.29, 0.717) is 5.75 Å². The third-order valence-corrected chi connectivity index (χ3v) is 5.35. The molecule has 3 rings (SSSR count). The highest BCUT2D eigenvalue weighted by Gasteiger charge is 2.21. The first-order valence-electron chi connectivity index (χ1n) is 8.65. The number of carbonyl (C=O) groups excluding carboxylic acids is 1. The molecule has 0 bridgehead atoms. The standard InChI is InChI=1S/C20H22BrClN2O2/c1-15-2-7-19(18(21)12-15)26-14-20(25)24-10-8-23(9-11-24)13-16-3-5-17(22)6-4-16/h2-7,12H,8-11,13-14H2,1H3. The Labute approximate surface area is 167 Å². The molecule has 0 aliphatic carbocycles. The molecule has 1 aliphatic heterocycles. The van der Waals surface area contributed by atoms with Crippen LogP contribution in [0.2, 0.25) is 5.02 Å². The molecule has 2 aromatic carbocycles. The number of aryl methyl sites for hydroxylation is 1. The second kappa shape index (κ2) is 8.89. The summed E-state index contributed by atoms with van der Waals surface area (Å²) < 4.78 is 6.55. The van der Waals surface area contributed by atoms with Crippen LogP contribution in [0.1, 0.15) is 11.1 Å². The van der Waals surface area contributed by atoms with Gasteiger partial charge in [0.2, 0.25) is 0 Å². The Morgan fingerprint density at radius 2 is 1.81 bits per heavy atom. The molecule has 1 fully saturated rings. The molecule has 0 N–H and O–H groups in total. The Morgan fingerprint density at radius 3 is 2.46 bits per heavy atom. The van der Waals surface area contributed by atoms with Crippen molar-refractivity contribution in [2.24, 2.45) is 0 Å². The SMILES string of the molecule is Cc1ccc(OCC(=O)N2CCN(Cc3ccc(Cl)cc3)CC2)c(Br)c1. The maximum Gasteiger partial charge on any atom is 0.260 e. The van der Waals surface area contributed by atoms with Crippen LogP contribution in [0.25, 0.3) is 0 Å². The maximum absolute atomic E-state index is 12.4. The summed E-state index contributed by atoms with van der Waals surface area (Å²) in [5.41, 5.74) is 2.38. The van der Waals surface area contributed by atoms with Crippen LogP contribution in [0.15, 0.2) is 46.9 Å². The fourth-order valence-electron chi connectivity index (χ4n) is 2.96. The normalized spacial score (nSPS) is 15.1. The van der Waals surface area contributed by atoms with E-state index in [4.69, 9.17) is 16.3 Å². The highest BCUT2D eigenvalue weighted by atomic mass is 79.9. The predicted molar refractivity (Wildman–Crippen MR) is 108 cm³/mol. The van der Waals surface area contributed by atoms with Crippen molar-refractivity contribution in [2.75, 3.05) is 32.8 Å². The number of nitrogens with zero attached hydrogens (tertiary/aromatic N) is 2. The van der Waals surface area contributed by atoms with Gasteiger partial charge in [0.25, 0.3) is 5.91 Å². The van der Waals surface area contributed by atoms with Crippen molar-refractivity contribution >= 4 is 33.4 Å². The highest BCUT2D eigenvalue weighted by Crippen LogP contribution is 2.25. The summed E-state index contributed by atoms with van der Waals surface area (Å²) in [5.74, 6) is 0.731. The zero-order chi connectivity index (χ0) is 18.5. The van der Waals surface area contributed by atoms with E-state index in [1.807, 2.05) is 54.3 Å². The molecule has 0 unspecified atom stereocenters. The van der Waals surface area contributed by atoms with Gasteiger partial charge in [-0.15, -0.1) is 0 Å². The van der Waals surface area contributed by atoms with Crippen LogP contribution in [0, 0.1) is 6.92 Å². The first-order valence-corrected chi connectivity index (χ1v) is 9.82. The van der Waals surface area contributed by atoms with Gasteiger partial charge in [-0.25, -0.2) is 0 Å². The van der Waals surface area contributed by atoms with Crippen molar-refractivity contribution in [1.29, 1.82) is 0 Å². The van der Waals surface area contributed by atoms with E-state index in [1.54, 1.807) is 0 Å². The lowest BCUT2D eigenvalue weighted by molar-refractivity contribution is -0.135. The van der Waals surface area contributed by atoms with E-state index in [0.717, 1.165) is 47.8 Å². The highest BCUT2D eigenvalue weighted by molar-refractivity contribution is 9.10. The molecule has 0 radical (unpaired) electrons. The molecule has 0 spiro atoms. The number of halogens is 2. The third-order valence-electron chi connectivity index (χ3n) is 4.48. The van der Waals surface area contributed by atoms with Gasteiger partial charge in [-0.05, 0) is 58.2 Å². The molecular formula is C20H22BrClN2O2. The zero-order valence-electron chi connectivity index (χ0n) is 14.8. The Balaban J connectivity index is 1.45. The lowest BCUT2D eigenvalue weighted by Gasteiger charge is -2.34. The quantitative estimate of drug-likeness (QED) is 0.705. The summed E-state index contributed by atoms with van der Waals surface area (Å²) in [6.07, 6.45) is 0. The first kappa shape index (κ1) is 19.2. The molecule has 0 atom stereocenters. The smallest absolute Gasteiger partial charge is 0.260 e. The maximum atomic E-state index is 12.4. The van der Waals surface area contributed by atoms with E-state index in [-0.39, 0.29) is 12.5 Å². The van der Waals surface area contributed by atoms with E-state index < -0.39 is 0 Å². The summed E-state index contributed by atoms with van der Waals surface area (Å²) in [5, 5.41) is 0.754. The number of amides is 1. The number of hydrogen-bond acceptors (Lipinski definition) is 3. The molecule has 1 heterocycles. The minimum atomic E-state index is 0.0311. The van der Waals surface area contributed by atoms with Crippen LogP contribution in [-0.2, 0) is 11.3 Å². The van der Waals surface area contributed by atoms with E-state index in [2.05, 4.69) is 20.8 Å². The Bertz CT molecular complexity index is 759. The van der Waals surface area contributed by atoms with E-state index in [9.17, 15) is 4.79 Å². The van der Waals surface area contributed by atoms with E-state index >= 15 is 0 Å². The molecule has 1 saturated heterocycles. The van der Waals surface area contributed by atoms with Crippen LogP contribution >= 0.6 is 27.5 Å². The minimum absolute atomic E-state index is 0.0311. The topological polar surface area (TPSA) is 32.8 Å². The van der Waals surface area contributed by atoms with Gasteiger partial charge in [0.1, 0.15) is 5.75 Å². The fraction of sp³-hybridized carbons (Fsp3) is 0.350. The summed E-state index contributed by atoms with van der Waals surface area (Å²) in [7, 11) is 0. The zero-order valence-corrected chi connectivity index (χ0v) is 17.1. The van der Waals surface area contributed by atoms with Gasteiger partial charge in [0, 0.05) is 37.7 Å². The van der Waals surface area contributed by atoms with Crippen molar-refractivity contribution < 1.29 is 9.53 Å². The molecule has 138 valence electrons. The Kier molecular flexibility index (Phi) is 6.57. The fourth-order valence-corrected chi connectivity index (χ4v) is 3.69. The van der Waals surface area contributed by atoms with Gasteiger partial charge >= 0.3 is 0 Å². The molecule has 1 aliphatic rings. The van der Waals surface area contributed by atoms with Crippen LogP contribution in [-0.4, -0.2) is 48.5 Å². The van der Waals surface area contributed by atoms with Gasteiger partial charge in [-0.3, -0.25) is 9.69 Å². The average Bonchev–Trinajstić information content (AvgIpc) is 2.63. The molecule has 4 nitrogen and oxygen atoms in total. The average molecular weight is 438 g/mol. The molecule has 26 heavy (non-hydrogen) atoms. The summed E-state index contributed by atoms with van der Waals surface area (Å²) in [4.78, 5) is 16.6. The molecule has 2 aromatic rings. The third kappa shape index (κ3) is 5.22. The Hall–Kier alpha value is -1.56. The molecular weight excluding hydrogens is 416 g/mol. The Morgan fingerprint density at radius 1 is 1.12 bits per heavy atom. The van der Waals surface area contributed by atoms with Gasteiger partial charge in [0.15, 0.2) is 6.61 Å². The summed E-state index contributed by atoms with van der Waals surface area (Å²) >= 11 is 9.40. The monoisotopic (exact) mass is 436 g/mol. The second-order valence-corrected chi connectivity index (χ2v) is 7.80. The molecule has 0 aromatic heterocycles. The number of ether oxygens (including phenoxy) is 1. The van der Waals surface area contributed by atoms with Gasteiger partial charge in [-0.2, -0.15) is 0 Å². The van der Waals surface area contributed by atoms with Gasteiger partial charge in [-0.1, -0.05) is 29.8 Å². The van der Waals surface area contributed by atoms with E-state index in [1.165, 1.54) is 5.56 Å². The van der Waals surface area contributed by atoms with Crippen molar-refractivity contribution in [3.8, 4) is 5.75 Å². The number of benzene rings is 2. The number of rotatable bonds is 5. The number of hydrogen-bond donors (Lipinski definition) is 0.